The van der Waals surface area contributed by atoms with Crippen LogP contribution >= 0.6 is 0 Å². The predicted molar refractivity (Wildman–Crippen MR) is 79.3 cm³/mol. The molecule has 0 bridgehead atoms. The molecule has 1 rings (SSSR count). The van der Waals surface area contributed by atoms with Crippen molar-refractivity contribution >= 4 is 27.4 Å². The lowest BCUT2D eigenvalue weighted by Gasteiger charge is -2.22. The molecule has 0 saturated carbocycles. The number of Topliss-reactive ketones (excluding diaryl/α,β-unsaturated/α-hetero) is 2. The zero-order chi connectivity index (χ0) is 17.1. The summed E-state index contributed by atoms with van der Waals surface area (Å²) in [6.45, 7) is 2.57. The summed E-state index contributed by atoms with van der Waals surface area (Å²) in [4.78, 5) is 35.8. The van der Waals surface area contributed by atoms with Crippen LogP contribution < -0.4 is 0 Å². The Kier molecular flexibility index (Phi) is 5.24. The largest absolute Gasteiger partial charge is 0.468 e. The second-order valence-electron chi connectivity index (χ2n) is 5.28. The van der Waals surface area contributed by atoms with Gasteiger partial charge in [-0.2, -0.15) is 0 Å². The smallest absolute Gasteiger partial charge is 0.319 e. The third-order valence-corrected chi connectivity index (χ3v) is 4.66. The predicted octanol–water partition coefficient (Wildman–Crippen LogP) is 1.43. The molecule has 120 valence electrons. The number of ketones is 2. The molecule has 0 aliphatic rings. The van der Waals surface area contributed by atoms with Crippen molar-refractivity contribution in [2.45, 2.75) is 25.2 Å². The maximum atomic E-state index is 12.2. The van der Waals surface area contributed by atoms with Gasteiger partial charge in [0, 0.05) is 18.2 Å². The quantitative estimate of drug-likeness (QED) is 0.446. The van der Waals surface area contributed by atoms with Crippen molar-refractivity contribution in [2.75, 3.05) is 13.4 Å². The Morgan fingerprint density at radius 3 is 2.00 bits per heavy atom. The second-order valence-corrected chi connectivity index (χ2v) is 7.29. The number of sulfone groups is 1. The summed E-state index contributed by atoms with van der Waals surface area (Å²) >= 11 is 0. The van der Waals surface area contributed by atoms with Crippen LogP contribution in [0.3, 0.4) is 0 Å². The van der Waals surface area contributed by atoms with Gasteiger partial charge >= 0.3 is 5.97 Å². The molecule has 6 nitrogen and oxygen atoms in total. The van der Waals surface area contributed by atoms with E-state index in [-0.39, 0.29) is 16.9 Å². The minimum atomic E-state index is -3.35. The van der Waals surface area contributed by atoms with Gasteiger partial charge in [0.25, 0.3) is 0 Å². The lowest BCUT2D eigenvalue weighted by atomic mass is 9.80. The topological polar surface area (TPSA) is 94.6 Å². The first-order chi connectivity index (χ1) is 10.0. The number of hydrogen-bond donors (Lipinski definition) is 0. The Hall–Kier alpha value is -2.02. The highest BCUT2D eigenvalue weighted by atomic mass is 32.2. The number of benzene rings is 1. The van der Waals surface area contributed by atoms with E-state index in [1.807, 2.05) is 0 Å². The van der Waals surface area contributed by atoms with Gasteiger partial charge in [-0.25, -0.2) is 8.42 Å². The van der Waals surface area contributed by atoms with E-state index in [0.29, 0.717) is 0 Å². The molecule has 1 atom stereocenters. The number of rotatable bonds is 6. The average Bonchev–Trinajstić information content (AvgIpc) is 2.45. The summed E-state index contributed by atoms with van der Waals surface area (Å²) in [6.07, 6.45) is 0.723. The number of ether oxygens (including phenoxy) is 1. The zero-order valence-electron chi connectivity index (χ0n) is 12.9. The van der Waals surface area contributed by atoms with Gasteiger partial charge in [0.1, 0.15) is 11.2 Å². The summed E-state index contributed by atoms with van der Waals surface area (Å²) in [6, 6.07) is 5.34. The van der Waals surface area contributed by atoms with E-state index in [1.165, 1.54) is 38.1 Å². The van der Waals surface area contributed by atoms with E-state index in [9.17, 15) is 22.8 Å². The fourth-order valence-corrected chi connectivity index (χ4v) is 2.51. The van der Waals surface area contributed by atoms with Crippen LogP contribution in [0.1, 0.15) is 30.6 Å². The lowest BCUT2D eigenvalue weighted by molar-refractivity contribution is -0.156. The Labute approximate surface area is 129 Å². The van der Waals surface area contributed by atoms with Crippen molar-refractivity contribution in [2.24, 2.45) is 5.41 Å². The minimum Gasteiger partial charge on any atom is -0.468 e. The molecule has 1 unspecified atom stereocenters. The van der Waals surface area contributed by atoms with Gasteiger partial charge in [-0.1, -0.05) is 12.1 Å². The standard InChI is InChI=1S/C15H18O6S/c1-10(16)15(2,14(18)21-3)9-13(17)11-5-7-12(8-6-11)22(4,19)20/h5-8H,9H2,1-4H3. The van der Waals surface area contributed by atoms with Gasteiger partial charge in [-0.3, -0.25) is 14.4 Å². The van der Waals surface area contributed by atoms with E-state index in [1.54, 1.807) is 0 Å². The molecular weight excluding hydrogens is 308 g/mol. The third-order valence-electron chi connectivity index (χ3n) is 3.53. The molecule has 0 aliphatic carbocycles. The summed E-state index contributed by atoms with van der Waals surface area (Å²) in [5.41, 5.74) is -1.33. The molecule has 0 heterocycles. The summed E-state index contributed by atoms with van der Waals surface area (Å²) in [5.74, 6) is -1.69. The molecule has 22 heavy (non-hydrogen) atoms. The van der Waals surface area contributed by atoms with E-state index in [0.717, 1.165) is 13.4 Å². The van der Waals surface area contributed by atoms with E-state index in [4.69, 9.17) is 0 Å². The van der Waals surface area contributed by atoms with Crippen LogP contribution in [0.25, 0.3) is 0 Å². The molecule has 0 N–H and O–H groups in total. The molecule has 0 spiro atoms. The molecule has 7 heteroatoms. The van der Waals surface area contributed by atoms with Gasteiger partial charge in [0.2, 0.25) is 0 Å². The highest BCUT2D eigenvalue weighted by molar-refractivity contribution is 7.90. The molecule has 1 aromatic carbocycles. The van der Waals surface area contributed by atoms with Crippen LogP contribution in [-0.2, 0) is 24.2 Å². The zero-order valence-corrected chi connectivity index (χ0v) is 13.7. The molecule has 0 amide bonds. The van der Waals surface area contributed by atoms with Crippen LogP contribution in [0.15, 0.2) is 29.2 Å². The summed E-state index contributed by atoms with van der Waals surface area (Å²) in [5, 5.41) is 0. The van der Waals surface area contributed by atoms with Crippen molar-refractivity contribution < 1.29 is 27.5 Å². The van der Waals surface area contributed by atoms with E-state index < -0.39 is 32.8 Å². The normalized spacial score (nSPS) is 14.0. The third kappa shape index (κ3) is 3.79. The molecule has 1 aromatic rings. The first-order valence-corrected chi connectivity index (χ1v) is 8.34. The Morgan fingerprint density at radius 2 is 1.64 bits per heavy atom. The van der Waals surface area contributed by atoms with Crippen molar-refractivity contribution in [1.29, 1.82) is 0 Å². The Morgan fingerprint density at radius 1 is 1.14 bits per heavy atom. The summed E-state index contributed by atoms with van der Waals surface area (Å²) < 4.78 is 27.3. The molecule has 0 radical (unpaired) electrons. The first kappa shape index (κ1) is 18.0. The number of carbonyl (C=O) groups excluding carboxylic acids is 3. The van der Waals surface area contributed by atoms with Crippen molar-refractivity contribution in [3.05, 3.63) is 29.8 Å². The highest BCUT2D eigenvalue weighted by Gasteiger charge is 2.41. The van der Waals surface area contributed by atoms with Crippen LogP contribution in [0.5, 0.6) is 0 Å². The monoisotopic (exact) mass is 326 g/mol. The van der Waals surface area contributed by atoms with Gasteiger partial charge in [-0.05, 0) is 26.0 Å². The van der Waals surface area contributed by atoms with E-state index in [2.05, 4.69) is 4.74 Å². The first-order valence-electron chi connectivity index (χ1n) is 6.45. The van der Waals surface area contributed by atoms with Crippen LogP contribution in [0.4, 0.5) is 0 Å². The summed E-state index contributed by atoms with van der Waals surface area (Å²) in [7, 11) is -2.20. The number of hydrogen-bond acceptors (Lipinski definition) is 6. The molecular formula is C15H18O6S. The molecule has 0 saturated heterocycles. The van der Waals surface area contributed by atoms with Gasteiger partial charge < -0.3 is 4.74 Å². The maximum Gasteiger partial charge on any atom is 0.319 e. The lowest BCUT2D eigenvalue weighted by Crippen LogP contribution is -2.38. The van der Waals surface area contributed by atoms with Crippen LogP contribution in [0.2, 0.25) is 0 Å². The Balaban J connectivity index is 3.06. The van der Waals surface area contributed by atoms with Gasteiger partial charge in [0.05, 0.1) is 12.0 Å². The molecule has 0 fully saturated rings. The van der Waals surface area contributed by atoms with Crippen LogP contribution in [0, 0.1) is 5.41 Å². The number of methoxy groups -OCH3 is 1. The Bertz CT molecular complexity index is 702. The highest BCUT2D eigenvalue weighted by Crippen LogP contribution is 2.27. The van der Waals surface area contributed by atoms with E-state index >= 15 is 0 Å². The van der Waals surface area contributed by atoms with Crippen molar-refractivity contribution in [3.8, 4) is 0 Å². The molecule has 0 aliphatic heterocycles. The number of carbonyl (C=O) groups is 3. The number of esters is 1. The maximum absolute atomic E-state index is 12.2. The fourth-order valence-electron chi connectivity index (χ4n) is 1.88. The second kappa shape index (κ2) is 6.39. The van der Waals surface area contributed by atoms with Crippen molar-refractivity contribution in [3.63, 3.8) is 0 Å². The SMILES string of the molecule is COC(=O)C(C)(CC(=O)c1ccc(S(C)(=O)=O)cc1)C(C)=O. The van der Waals surface area contributed by atoms with Crippen LogP contribution in [-0.4, -0.2) is 39.3 Å². The molecule has 0 aromatic heterocycles. The fraction of sp³-hybridized carbons (Fsp3) is 0.400. The van der Waals surface area contributed by atoms with Crippen molar-refractivity contribution in [1.82, 2.24) is 0 Å². The van der Waals surface area contributed by atoms with Gasteiger partial charge in [0.15, 0.2) is 15.6 Å². The average molecular weight is 326 g/mol. The van der Waals surface area contributed by atoms with Gasteiger partial charge in [-0.15, -0.1) is 0 Å². The minimum absolute atomic E-state index is 0.0892.